The van der Waals surface area contributed by atoms with Crippen molar-refractivity contribution in [1.82, 2.24) is 4.98 Å². The maximum atomic E-state index is 3.75. The fraction of sp³-hybridized carbons (Fsp3) is 0.556. The first-order chi connectivity index (χ1) is 9.70. The Kier molecular flexibility index (Phi) is 4.00. The number of hydrogen-bond acceptors (Lipinski definition) is 1. The van der Waals surface area contributed by atoms with Crippen molar-refractivity contribution < 1.29 is 0 Å². The van der Waals surface area contributed by atoms with Crippen LogP contribution in [0.2, 0.25) is 0 Å². The molecule has 20 heavy (non-hydrogen) atoms. The van der Waals surface area contributed by atoms with E-state index in [9.17, 15) is 0 Å². The van der Waals surface area contributed by atoms with Gasteiger partial charge in [0.05, 0.1) is 0 Å². The third-order valence-corrected chi connectivity index (χ3v) is 4.51. The van der Waals surface area contributed by atoms with Gasteiger partial charge in [0.25, 0.3) is 0 Å². The molecule has 2 heteroatoms. The highest BCUT2D eigenvalue weighted by atomic mass is 14.9. The van der Waals surface area contributed by atoms with Gasteiger partial charge in [-0.25, -0.2) is 0 Å². The van der Waals surface area contributed by atoms with Crippen LogP contribution < -0.4 is 5.32 Å². The zero-order valence-corrected chi connectivity index (χ0v) is 12.7. The molecule has 2 nitrogen and oxygen atoms in total. The van der Waals surface area contributed by atoms with Crippen molar-refractivity contribution in [2.24, 2.45) is 11.8 Å². The molecule has 0 saturated heterocycles. The summed E-state index contributed by atoms with van der Waals surface area (Å²) in [6, 6.07) is 9.43. The second-order valence-electron chi connectivity index (χ2n) is 6.78. The molecule has 2 atom stereocenters. The number of aromatic amines is 1. The SMILES string of the molecule is CC(C)CC1CCCC(Nc2ccc3[nH]ccc3c2)C1. The van der Waals surface area contributed by atoms with Gasteiger partial charge in [-0.05, 0) is 55.4 Å². The average Bonchev–Trinajstić information content (AvgIpc) is 2.85. The van der Waals surface area contributed by atoms with Crippen LogP contribution in [0.1, 0.15) is 46.0 Å². The van der Waals surface area contributed by atoms with Crippen molar-refractivity contribution in [2.45, 2.75) is 52.0 Å². The maximum absolute atomic E-state index is 3.75. The smallest absolute Gasteiger partial charge is 0.0455 e. The second-order valence-corrected chi connectivity index (χ2v) is 6.78. The molecule has 1 aromatic heterocycles. The number of fused-ring (bicyclic) bond motifs is 1. The lowest BCUT2D eigenvalue weighted by molar-refractivity contribution is 0.289. The average molecular weight is 270 g/mol. The third kappa shape index (κ3) is 3.17. The summed E-state index contributed by atoms with van der Waals surface area (Å²) in [5.74, 6) is 1.74. The Labute approximate surface area is 122 Å². The molecule has 1 aliphatic rings. The van der Waals surface area contributed by atoms with E-state index >= 15 is 0 Å². The van der Waals surface area contributed by atoms with Crippen LogP contribution in [0.3, 0.4) is 0 Å². The van der Waals surface area contributed by atoms with E-state index in [1.54, 1.807) is 0 Å². The minimum absolute atomic E-state index is 0.656. The number of H-pyrrole nitrogens is 1. The highest BCUT2D eigenvalue weighted by Crippen LogP contribution is 2.31. The molecule has 1 saturated carbocycles. The molecule has 1 heterocycles. The van der Waals surface area contributed by atoms with Crippen molar-refractivity contribution in [3.63, 3.8) is 0 Å². The van der Waals surface area contributed by atoms with E-state index in [4.69, 9.17) is 0 Å². The van der Waals surface area contributed by atoms with Crippen LogP contribution in [-0.2, 0) is 0 Å². The summed E-state index contributed by atoms with van der Waals surface area (Å²) in [7, 11) is 0. The summed E-state index contributed by atoms with van der Waals surface area (Å²) in [6.45, 7) is 4.69. The van der Waals surface area contributed by atoms with Crippen molar-refractivity contribution in [3.8, 4) is 0 Å². The molecule has 2 N–H and O–H groups in total. The summed E-state index contributed by atoms with van der Waals surface area (Å²) >= 11 is 0. The Bertz CT molecular complexity index is 555. The van der Waals surface area contributed by atoms with Gasteiger partial charge in [0, 0.05) is 28.8 Å². The van der Waals surface area contributed by atoms with Crippen LogP contribution in [0.4, 0.5) is 5.69 Å². The van der Waals surface area contributed by atoms with Gasteiger partial charge in [0.1, 0.15) is 0 Å². The standard InChI is InChI=1S/C18H26N2/c1-13(2)10-14-4-3-5-16(11-14)20-17-6-7-18-15(12-17)8-9-19-18/h6-9,12-14,16,19-20H,3-5,10-11H2,1-2H3. The van der Waals surface area contributed by atoms with Crippen LogP contribution in [-0.4, -0.2) is 11.0 Å². The van der Waals surface area contributed by atoms with E-state index in [2.05, 4.69) is 48.4 Å². The first-order valence-corrected chi connectivity index (χ1v) is 8.04. The number of rotatable bonds is 4. The van der Waals surface area contributed by atoms with Gasteiger partial charge in [-0.15, -0.1) is 0 Å². The van der Waals surface area contributed by atoms with Gasteiger partial charge in [-0.2, -0.15) is 0 Å². The maximum Gasteiger partial charge on any atom is 0.0455 e. The number of benzene rings is 1. The zero-order chi connectivity index (χ0) is 13.9. The van der Waals surface area contributed by atoms with E-state index in [1.807, 2.05) is 6.20 Å². The fourth-order valence-electron chi connectivity index (χ4n) is 3.68. The summed E-state index contributed by atoms with van der Waals surface area (Å²) in [5.41, 5.74) is 2.49. The number of anilines is 1. The van der Waals surface area contributed by atoms with Gasteiger partial charge < -0.3 is 10.3 Å². The fourth-order valence-corrected chi connectivity index (χ4v) is 3.68. The van der Waals surface area contributed by atoms with E-state index in [1.165, 1.54) is 48.7 Å². The van der Waals surface area contributed by atoms with E-state index in [0.29, 0.717) is 6.04 Å². The molecule has 2 aromatic rings. The predicted octanol–water partition coefficient (Wildman–Crippen LogP) is 5.18. The van der Waals surface area contributed by atoms with Crippen molar-refractivity contribution in [1.29, 1.82) is 0 Å². The lowest BCUT2D eigenvalue weighted by Crippen LogP contribution is -2.27. The quantitative estimate of drug-likeness (QED) is 0.786. The zero-order valence-electron chi connectivity index (χ0n) is 12.7. The topological polar surface area (TPSA) is 27.8 Å². The van der Waals surface area contributed by atoms with E-state index in [-0.39, 0.29) is 0 Å². The summed E-state index contributed by atoms with van der Waals surface area (Å²) in [4.78, 5) is 3.25. The van der Waals surface area contributed by atoms with Crippen LogP contribution in [0.15, 0.2) is 30.5 Å². The Balaban J connectivity index is 1.64. The van der Waals surface area contributed by atoms with Crippen LogP contribution >= 0.6 is 0 Å². The monoisotopic (exact) mass is 270 g/mol. The first kappa shape index (κ1) is 13.5. The Hall–Kier alpha value is -1.44. The first-order valence-electron chi connectivity index (χ1n) is 8.04. The van der Waals surface area contributed by atoms with Crippen molar-refractivity contribution in [3.05, 3.63) is 30.5 Å². The van der Waals surface area contributed by atoms with Crippen molar-refractivity contribution in [2.75, 3.05) is 5.32 Å². The summed E-state index contributed by atoms with van der Waals surface area (Å²) in [5, 5.41) is 5.05. The molecular weight excluding hydrogens is 244 g/mol. The van der Waals surface area contributed by atoms with E-state index < -0.39 is 0 Å². The molecule has 0 aliphatic heterocycles. The molecule has 0 amide bonds. The van der Waals surface area contributed by atoms with Gasteiger partial charge in [-0.1, -0.05) is 26.7 Å². The Morgan fingerprint density at radius 1 is 1.25 bits per heavy atom. The molecule has 3 rings (SSSR count). The predicted molar refractivity (Wildman–Crippen MR) is 87.1 cm³/mol. The molecule has 1 aromatic carbocycles. The minimum Gasteiger partial charge on any atom is -0.382 e. The largest absolute Gasteiger partial charge is 0.382 e. The molecule has 0 radical (unpaired) electrons. The van der Waals surface area contributed by atoms with Gasteiger partial charge in [-0.3, -0.25) is 0 Å². The molecule has 1 aliphatic carbocycles. The molecule has 0 spiro atoms. The minimum atomic E-state index is 0.656. The molecule has 108 valence electrons. The number of hydrogen-bond donors (Lipinski definition) is 2. The molecular formula is C18H26N2. The number of nitrogens with one attached hydrogen (secondary N) is 2. The summed E-state index contributed by atoms with van der Waals surface area (Å²) in [6.07, 6.45) is 8.85. The molecule has 0 bridgehead atoms. The lowest BCUT2D eigenvalue weighted by atomic mass is 9.81. The van der Waals surface area contributed by atoms with Crippen LogP contribution in [0, 0.1) is 11.8 Å². The van der Waals surface area contributed by atoms with Gasteiger partial charge in [0.2, 0.25) is 0 Å². The Morgan fingerprint density at radius 3 is 3.00 bits per heavy atom. The van der Waals surface area contributed by atoms with Crippen LogP contribution in [0.5, 0.6) is 0 Å². The molecule has 2 unspecified atom stereocenters. The number of aromatic nitrogens is 1. The van der Waals surface area contributed by atoms with E-state index in [0.717, 1.165) is 11.8 Å². The highest BCUT2D eigenvalue weighted by molar-refractivity contribution is 5.83. The summed E-state index contributed by atoms with van der Waals surface area (Å²) < 4.78 is 0. The second kappa shape index (κ2) is 5.90. The normalized spacial score (nSPS) is 23.4. The van der Waals surface area contributed by atoms with Gasteiger partial charge >= 0.3 is 0 Å². The highest BCUT2D eigenvalue weighted by Gasteiger charge is 2.22. The van der Waals surface area contributed by atoms with Crippen LogP contribution in [0.25, 0.3) is 10.9 Å². The van der Waals surface area contributed by atoms with Gasteiger partial charge in [0.15, 0.2) is 0 Å². The lowest BCUT2D eigenvalue weighted by Gasteiger charge is -2.31. The third-order valence-electron chi connectivity index (χ3n) is 4.51. The van der Waals surface area contributed by atoms with Crippen molar-refractivity contribution >= 4 is 16.6 Å². The molecule has 1 fully saturated rings. The Morgan fingerprint density at radius 2 is 2.15 bits per heavy atom.